The van der Waals surface area contributed by atoms with E-state index >= 15 is 0 Å². The molecule has 0 fully saturated rings. The number of nitrogen functional groups attached to an aromatic ring is 1. The van der Waals surface area contributed by atoms with Crippen molar-refractivity contribution in [2.45, 2.75) is 0 Å². The Morgan fingerprint density at radius 1 is 1.32 bits per heavy atom. The predicted octanol–water partition coefficient (Wildman–Crippen LogP) is 3.49. The van der Waals surface area contributed by atoms with Gasteiger partial charge in [-0.05, 0) is 28.1 Å². The maximum atomic E-state index is 11.1. The number of hydrogen-bond acceptors (Lipinski definition) is 4. The maximum Gasteiger partial charge on any atom is 0.355 e. The molecule has 0 aliphatic carbocycles. The third-order valence-corrected chi connectivity index (χ3v) is 3.87. The average Bonchev–Trinajstić information content (AvgIpc) is 2.35. The fourth-order valence-electron chi connectivity index (χ4n) is 1.40. The van der Waals surface area contributed by atoms with Crippen LogP contribution in [0.25, 0.3) is 11.4 Å². The van der Waals surface area contributed by atoms with Crippen molar-refractivity contribution in [1.82, 2.24) is 9.97 Å². The fourth-order valence-corrected chi connectivity index (χ4v) is 2.14. The van der Waals surface area contributed by atoms with Crippen molar-refractivity contribution >= 4 is 50.9 Å². The summed E-state index contributed by atoms with van der Waals surface area (Å²) in [6, 6.07) is 4.89. The quantitative estimate of drug-likeness (QED) is 0.853. The van der Waals surface area contributed by atoms with Crippen LogP contribution in [0, 0.1) is 0 Å². The van der Waals surface area contributed by atoms with Crippen LogP contribution >= 0.6 is 39.1 Å². The second kappa shape index (κ2) is 5.32. The molecular weight excluding hydrogens is 357 g/mol. The Bertz CT molecular complexity index is 679. The molecule has 1 aromatic carbocycles. The van der Waals surface area contributed by atoms with Crippen molar-refractivity contribution in [1.29, 1.82) is 0 Å². The van der Waals surface area contributed by atoms with Crippen LogP contribution in [-0.2, 0) is 0 Å². The number of rotatable bonds is 2. The van der Waals surface area contributed by atoms with E-state index in [4.69, 9.17) is 34.0 Å². The lowest BCUT2D eigenvalue weighted by atomic mass is 10.2. The van der Waals surface area contributed by atoms with E-state index in [1.54, 1.807) is 18.2 Å². The van der Waals surface area contributed by atoms with Crippen molar-refractivity contribution in [3.8, 4) is 11.4 Å². The molecule has 0 unspecified atom stereocenters. The number of nitrogens with zero attached hydrogens (tertiary/aromatic N) is 2. The first-order valence-electron chi connectivity index (χ1n) is 4.92. The van der Waals surface area contributed by atoms with E-state index in [0.717, 1.165) is 0 Å². The maximum absolute atomic E-state index is 11.1. The van der Waals surface area contributed by atoms with Crippen LogP contribution in [0.2, 0.25) is 10.0 Å². The van der Waals surface area contributed by atoms with Crippen LogP contribution in [0.1, 0.15) is 10.5 Å². The number of anilines is 1. The van der Waals surface area contributed by atoms with Crippen molar-refractivity contribution in [2.75, 3.05) is 5.73 Å². The third-order valence-electron chi connectivity index (χ3n) is 2.27. The SMILES string of the molecule is Nc1nc(-c2cccc(Cl)c2Cl)nc(C(=O)O)c1Br. The van der Waals surface area contributed by atoms with Gasteiger partial charge in [-0.3, -0.25) is 0 Å². The van der Waals surface area contributed by atoms with E-state index in [1.807, 2.05) is 0 Å². The standard InChI is InChI=1S/C11H6BrCl2N3O2/c12-6-8(11(18)19)16-10(17-9(6)15)4-2-1-3-5(13)7(4)14/h1-3H,(H,18,19)(H2,15,16,17). The van der Waals surface area contributed by atoms with Crippen molar-refractivity contribution < 1.29 is 9.90 Å². The molecule has 8 heteroatoms. The molecule has 0 spiro atoms. The van der Waals surface area contributed by atoms with E-state index in [1.165, 1.54) is 0 Å². The molecular formula is C11H6BrCl2N3O2. The monoisotopic (exact) mass is 361 g/mol. The Labute approximate surface area is 126 Å². The third kappa shape index (κ3) is 2.65. The first-order chi connectivity index (χ1) is 8.91. The molecule has 1 heterocycles. The highest BCUT2D eigenvalue weighted by atomic mass is 79.9. The van der Waals surface area contributed by atoms with Crippen molar-refractivity contribution in [3.63, 3.8) is 0 Å². The fraction of sp³-hybridized carbons (Fsp3) is 0. The topological polar surface area (TPSA) is 89.1 Å². The number of carboxylic acids is 1. The highest BCUT2D eigenvalue weighted by Crippen LogP contribution is 2.33. The van der Waals surface area contributed by atoms with Crippen LogP contribution in [0.4, 0.5) is 5.82 Å². The molecule has 0 aliphatic heterocycles. The molecule has 0 atom stereocenters. The average molecular weight is 363 g/mol. The summed E-state index contributed by atoms with van der Waals surface area (Å²) in [5.74, 6) is -1.11. The molecule has 5 nitrogen and oxygen atoms in total. The van der Waals surface area contributed by atoms with Gasteiger partial charge < -0.3 is 10.8 Å². The van der Waals surface area contributed by atoms with Gasteiger partial charge in [-0.15, -0.1) is 0 Å². The molecule has 0 aliphatic rings. The molecule has 0 saturated carbocycles. The summed E-state index contributed by atoms with van der Waals surface area (Å²) in [5, 5.41) is 9.61. The van der Waals surface area contributed by atoms with Gasteiger partial charge in [0.05, 0.1) is 14.5 Å². The number of aromatic nitrogens is 2. The molecule has 3 N–H and O–H groups in total. The van der Waals surface area contributed by atoms with Gasteiger partial charge in [0, 0.05) is 5.56 Å². The smallest absolute Gasteiger partial charge is 0.355 e. The van der Waals surface area contributed by atoms with E-state index in [2.05, 4.69) is 25.9 Å². The van der Waals surface area contributed by atoms with Crippen molar-refractivity contribution in [2.24, 2.45) is 0 Å². The summed E-state index contributed by atoms with van der Waals surface area (Å²) >= 11 is 15.0. The summed E-state index contributed by atoms with van der Waals surface area (Å²) < 4.78 is 0.127. The number of nitrogens with two attached hydrogens (primary N) is 1. The molecule has 2 rings (SSSR count). The zero-order valence-corrected chi connectivity index (χ0v) is 12.3. The lowest BCUT2D eigenvalue weighted by Crippen LogP contribution is -2.08. The van der Waals surface area contributed by atoms with Crippen molar-refractivity contribution in [3.05, 3.63) is 38.4 Å². The molecule has 0 bridgehead atoms. The van der Waals surface area contributed by atoms with Crippen LogP contribution in [0.15, 0.2) is 22.7 Å². The number of carbonyl (C=O) groups is 1. The van der Waals surface area contributed by atoms with Crippen LogP contribution in [-0.4, -0.2) is 21.0 Å². The Kier molecular flexibility index (Phi) is 3.93. The summed E-state index contributed by atoms with van der Waals surface area (Å²) in [5.41, 5.74) is 5.82. The zero-order chi connectivity index (χ0) is 14.2. The Morgan fingerprint density at radius 2 is 2.00 bits per heavy atom. The van der Waals surface area contributed by atoms with Crippen LogP contribution in [0.5, 0.6) is 0 Å². The van der Waals surface area contributed by atoms with E-state index in [0.29, 0.717) is 10.6 Å². The van der Waals surface area contributed by atoms with E-state index in [-0.39, 0.29) is 26.8 Å². The Hall–Kier alpha value is -1.37. The number of aromatic carboxylic acids is 1. The lowest BCUT2D eigenvalue weighted by molar-refractivity contribution is 0.0689. The molecule has 0 amide bonds. The van der Waals surface area contributed by atoms with Crippen LogP contribution < -0.4 is 5.73 Å². The largest absolute Gasteiger partial charge is 0.476 e. The van der Waals surface area contributed by atoms with Gasteiger partial charge in [0.15, 0.2) is 11.5 Å². The number of hydrogen-bond donors (Lipinski definition) is 2. The zero-order valence-electron chi connectivity index (χ0n) is 9.19. The van der Waals surface area contributed by atoms with Gasteiger partial charge >= 0.3 is 5.97 Å². The van der Waals surface area contributed by atoms with Gasteiger partial charge in [-0.2, -0.15) is 0 Å². The first kappa shape index (κ1) is 14.0. The first-order valence-corrected chi connectivity index (χ1v) is 6.47. The molecule has 1 aromatic heterocycles. The Morgan fingerprint density at radius 3 is 2.63 bits per heavy atom. The van der Waals surface area contributed by atoms with Gasteiger partial charge in [-0.1, -0.05) is 29.3 Å². The molecule has 0 radical (unpaired) electrons. The molecule has 2 aromatic rings. The number of halogens is 3. The number of benzene rings is 1. The minimum atomic E-state index is -1.22. The van der Waals surface area contributed by atoms with Gasteiger partial charge in [0.1, 0.15) is 5.82 Å². The molecule has 19 heavy (non-hydrogen) atoms. The summed E-state index contributed by atoms with van der Waals surface area (Å²) in [6.07, 6.45) is 0. The molecule has 98 valence electrons. The highest BCUT2D eigenvalue weighted by Gasteiger charge is 2.18. The Balaban J connectivity index is 2.70. The molecule has 0 saturated heterocycles. The van der Waals surface area contributed by atoms with Gasteiger partial charge in [0.2, 0.25) is 0 Å². The van der Waals surface area contributed by atoms with Gasteiger partial charge in [-0.25, -0.2) is 14.8 Å². The second-order valence-electron chi connectivity index (χ2n) is 3.50. The lowest BCUT2D eigenvalue weighted by Gasteiger charge is -2.08. The summed E-state index contributed by atoms with van der Waals surface area (Å²) in [6.45, 7) is 0. The predicted molar refractivity (Wildman–Crippen MR) is 76.6 cm³/mol. The number of carboxylic acid groups (broad SMARTS) is 1. The minimum absolute atomic E-state index is 0.0124. The minimum Gasteiger partial charge on any atom is -0.476 e. The van der Waals surface area contributed by atoms with E-state index in [9.17, 15) is 4.79 Å². The van der Waals surface area contributed by atoms with E-state index < -0.39 is 5.97 Å². The summed E-state index contributed by atoms with van der Waals surface area (Å²) in [4.78, 5) is 19.0. The normalized spacial score (nSPS) is 10.5. The van der Waals surface area contributed by atoms with Crippen LogP contribution in [0.3, 0.4) is 0 Å². The second-order valence-corrected chi connectivity index (χ2v) is 5.08. The van der Waals surface area contributed by atoms with Gasteiger partial charge in [0.25, 0.3) is 0 Å². The summed E-state index contributed by atoms with van der Waals surface area (Å²) in [7, 11) is 0. The highest BCUT2D eigenvalue weighted by molar-refractivity contribution is 9.10.